The first kappa shape index (κ1) is 11.1. The molecule has 0 aliphatic heterocycles. The van der Waals surface area contributed by atoms with Crippen molar-refractivity contribution in [3.05, 3.63) is 29.8 Å². The van der Waals surface area contributed by atoms with Crippen LogP contribution in [-0.2, 0) is 15.5 Å². The highest BCUT2D eigenvalue weighted by atomic mass is 32.2. The van der Waals surface area contributed by atoms with E-state index < -0.39 is 23.0 Å². The molecule has 0 bridgehead atoms. The second-order valence-electron chi connectivity index (χ2n) is 2.27. The molecule has 0 radical (unpaired) electrons. The van der Waals surface area contributed by atoms with Gasteiger partial charge in [-0.1, -0.05) is 0 Å². The summed E-state index contributed by atoms with van der Waals surface area (Å²) >= 11 is -2.05. The van der Waals surface area contributed by atoms with Crippen LogP contribution >= 0.6 is 0 Å². The second kappa shape index (κ2) is 5.02. The van der Waals surface area contributed by atoms with E-state index in [0.717, 1.165) is 12.1 Å². The van der Waals surface area contributed by atoms with E-state index in [1.165, 1.54) is 0 Å². The second-order valence-corrected chi connectivity index (χ2v) is 3.08. The van der Waals surface area contributed by atoms with Gasteiger partial charge in [-0.05, 0) is 19.1 Å². The Balaban J connectivity index is 2.72. The third-order valence-corrected chi connectivity index (χ3v) is 2.01. The fourth-order valence-corrected chi connectivity index (χ4v) is 1.26. The fraction of sp³-hybridized carbons (Fsp3) is 0.250. The van der Waals surface area contributed by atoms with E-state index >= 15 is 0 Å². The molecule has 0 saturated carbocycles. The Labute approximate surface area is 82.5 Å². The Morgan fingerprint density at radius 3 is 2.71 bits per heavy atom. The third-order valence-electron chi connectivity index (χ3n) is 1.27. The van der Waals surface area contributed by atoms with Crippen molar-refractivity contribution in [2.75, 3.05) is 6.61 Å². The summed E-state index contributed by atoms with van der Waals surface area (Å²) in [6.07, 6.45) is 0. The van der Waals surface area contributed by atoms with Crippen LogP contribution in [-0.4, -0.2) is 10.8 Å². The van der Waals surface area contributed by atoms with Gasteiger partial charge in [0, 0.05) is 6.07 Å². The van der Waals surface area contributed by atoms with Crippen molar-refractivity contribution in [3.8, 4) is 5.75 Å². The number of halogens is 2. The first-order valence-electron chi connectivity index (χ1n) is 3.82. The van der Waals surface area contributed by atoms with Crippen molar-refractivity contribution in [3.63, 3.8) is 0 Å². The Morgan fingerprint density at radius 1 is 1.43 bits per heavy atom. The summed E-state index contributed by atoms with van der Waals surface area (Å²) in [5, 5.41) is 0. The van der Waals surface area contributed by atoms with Gasteiger partial charge in [0.25, 0.3) is 0 Å². The molecule has 0 aromatic heterocycles. The maximum Gasteiger partial charge on any atom is 0.360 e. The molecule has 0 saturated heterocycles. The van der Waals surface area contributed by atoms with Gasteiger partial charge in [0.15, 0.2) is 11.6 Å². The number of hydrogen-bond donors (Lipinski definition) is 0. The summed E-state index contributed by atoms with van der Waals surface area (Å²) in [7, 11) is 0. The molecule has 0 spiro atoms. The zero-order valence-electron chi connectivity index (χ0n) is 7.33. The summed E-state index contributed by atoms with van der Waals surface area (Å²) in [6, 6.07) is 2.68. The third kappa shape index (κ3) is 3.04. The summed E-state index contributed by atoms with van der Waals surface area (Å²) < 4.78 is 45.3. The Morgan fingerprint density at radius 2 is 2.14 bits per heavy atom. The lowest BCUT2D eigenvalue weighted by molar-refractivity contribution is 0.325. The van der Waals surface area contributed by atoms with E-state index in [1.54, 1.807) is 6.92 Å². The van der Waals surface area contributed by atoms with Crippen LogP contribution in [0.25, 0.3) is 0 Å². The molecule has 0 N–H and O–H groups in total. The van der Waals surface area contributed by atoms with E-state index in [0.29, 0.717) is 6.07 Å². The van der Waals surface area contributed by atoms with Gasteiger partial charge < -0.3 is 4.18 Å². The van der Waals surface area contributed by atoms with Gasteiger partial charge >= 0.3 is 11.4 Å². The highest BCUT2D eigenvalue weighted by molar-refractivity contribution is 7.75. The largest absolute Gasteiger partial charge is 0.377 e. The minimum atomic E-state index is -2.05. The predicted octanol–water partition coefficient (Wildman–Crippen LogP) is 1.96. The van der Waals surface area contributed by atoms with E-state index in [1.807, 2.05) is 0 Å². The normalized spacial score (nSPS) is 12.5. The monoisotopic (exact) mass is 222 g/mol. The predicted molar refractivity (Wildman–Crippen MR) is 46.8 cm³/mol. The number of benzene rings is 1. The van der Waals surface area contributed by atoms with Crippen LogP contribution in [0.2, 0.25) is 0 Å². The highest BCUT2D eigenvalue weighted by Crippen LogP contribution is 2.18. The Bertz CT molecular complexity index is 343. The fourth-order valence-electron chi connectivity index (χ4n) is 0.736. The zero-order valence-corrected chi connectivity index (χ0v) is 8.14. The molecule has 1 aromatic rings. The van der Waals surface area contributed by atoms with Crippen LogP contribution < -0.4 is 4.18 Å². The number of rotatable bonds is 4. The molecule has 78 valence electrons. The van der Waals surface area contributed by atoms with E-state index in [2.05, 4.69) is 8.37 Å². The van der Waals surface area contributed by atoms with Gasteiger partial charge in [0.2, 0.25) is 0 Å². The first-order chi connectivity index (χ1) is 6.63. The van der Waals surface area contributed by atoms with Crippen LogP contribution in [0.5, 0.6) is 5.75 Å². The van der Waals surface area contributed by atoms with Crippen LogP contribution in [0, 0.1) is 11.6 Å². The average Bonchev–Trinajstić information content (AvgIpc) is 2.10. The summed E-state index contributed by atoms with van der Waals surface area (Å²) in [5.74, 6) is -1.95. The smallest absolute Gasteiger partial charge is 0.360 e. The zero-order chi connectivity index (χ0) is 10.6. The highest BCUT2D eigenvalue weighted by Gasteiger charge is 2.08. The molecule has 1 rings (SSSR count). The van der Waals surface area contributed by atoms with Crippen LogP contribution in [0.15, 0.2) is 18.2 Å². The van der Waals surface area contributed by atoms with Crippen molar-refractivity contribution in [1.29, 1.82) is 0 Å². The standard InChI is InChI=1S/C8H8F2O3S/c1-2-12-14(11)13-8-4-3-6(9)5-7(8)10/h3-5H,2H2,1H3. The minimum absolute atomic E-state index is 0.176. The maximum atomic E-state index is 12.9. The molecule has 6 heteroatoms. The molecular weight excluding hydrogens is 214 g/mol. The quantitative estimate of drug-likeness (QED) is 0.781. The molecule has 0 aliphatic carbocycles. The molecular formula is C8H8F2O3S. The molecule has 14 heavy (non-hydrogen) atoms. The topological polar surface area (TPSA) is 35.5 Å². The van der Waals surface area contributed by atoms with Crippen molar-refractivity contribution in [2.45, 2.75) is 6.92 Å². The summed E-state index contributed by atoms with van der Waals surface area (Å²) in [4.78, 5) is 0. The molecule has 3 nitrogen and oxygen atoms in total. The molecule has 0 amide bonds. The van der Waals surface area contributed by atoms with Crippen LogP contribution in [0.1, 0.15) is 6.92 Å². The lowest BCUT2D eigenvalue weighted by Crippen LogP contribution is -2.05. The molecule has 0 heterocycles. The SMILES string of the molecule is CCOS(=O)Oc1ccc(F)cc1F. The molecule has 1 unspecified atom stereocenters. The molecule has 0 aliphatic rings. The maximum absolute atomic E-state index is 12.9. The lowest BCUT2D eigenvalue weighted by Gasteiger charge is -2.03. The van der Waals surface area contributed by atoms with Crippen molar-refractivity contribution in [2.24, 2.45) is 0 Å². The summed E-state index contributed by atoms with van der Waals surface area (Å²) in [5.41, 5.74) is 0. The van der Waals surface area contributed by atoms with Crippen molar-refractivity contribution in [1.82, 2.24) is 0 Å². The molecule has 1 aromatic carbocycles. The number of hydrogen-bond acceptors (Lipinski definition) is 3. The van der Waals surface area contributed by atoms with E-state index in [9.17, 15) is 13.0 Å². The van der Waals surface area contributed by atoms with Gasteiger partial charge in [-0.15, -0.1) is 0 Å². The Hall–Kier alpha value is -1.01. The van der Waals surface area contributed by atoms with Gasteiger partial charge in [-0.25, -0.2) is 8.78 Å². The van der Waals surface area contributed by atoms with Crippen LogP contribution in [0.4, 0.5) is 8.78 Å². The van der Waals surface area contributed by atoms with Gasteiger partial charge in [0.1, 0.15) is 5.82 Å². The molecule has 0 fully saturated rings. The summed E-state index contributed by atoms with van der Waals surface area (Å²) in [6.45, 7) is 1.79. The van der Waals surface area contributed by atoms with E-state index in [4.69, 9.17) is 0 Å². The van der Waals surface area contributed by atoms with E-state index in [-0.39, 0.29) is 12.4 Å². The first-order valence-corrected chi connectivity index (χ1v) is 4.82. The van der Waals surface area contributed by atoms with Gasteiger partial charge in [0.05, 0.1) is 6.61 Å². The van der Waals surface area contributed by atoms with Crippen molar-refractivity contribution >= 4 is 11.4 Å². The minimum Gasteiger partial charge on any atom is -0.377 e. The van der Waals surface area contributed by atoms with Crippen molar-refractivity contribution < 1.29 is 21.4 Å². The van der Waals surface area contributed by atoms with Crippen LogP contribution in [0.3, 0.4) is 0 Å². The average molecular weight is 222 g/mol. The van der Waals surface area contributed by atoms with Gasteiger partial charge in [-0.2, -0.15) is 4.21 Å². The Kier molecular flexibility index (Phi) is 3.97. The van der Waals surface area contributed by atoms with Gasteiger partial charge in [-0.3, -0.25) is 4.18 Å². The molecule has 1 atom stereocenters. The lowest BCUT2D eigenvalue weighted by atomic mass is 10.3.